The molecule has 9 heteroatoms. The van der Waals surface area contributed by atoms with Crippen LogP contribution in [-0.2, 0) is 4.79 Å². The van der Waals surface area contributed by atoms with Gasteiger partial charge in [0.25, 0.3) is 0 Å². The third-order valence-electron chi connectivity index (χ3n) is 7.44. The summed E-state index contributed by atoms with van der Waals surface area (Å²) in [6.07, 6.45) is 14.1. The molecule has 0 aliphatic heterocycles. The van der Waals surface area contributed by atoms with Crippen molar-refractivity contribution in [2.75, 3.05) is 5.32 Å². The van der Waals surface area contributed by atoms with Crippen molar-refractivity contribution in [2.24, 2.45) is 5.92 Å². The lowest BCUT2D eigenvalue weighted by Crippen LogP contribution is -2.24. The SMILES string of the molecule is O=C(Nc1cncc(-c2cc3c(-c4cc5c(-c6ccccn6)nccc5[nH]4)n[nH]c3cn2)c1)C1CCCCC1. The Bertz CT molecular complexity index is 1800. The molecule has 1 fully saturated rings. The van der Waals surface area contributed by atoms with Crippen LogP contribution in [0, 0.1) is 5.92 Å². The zero-order valence-electron chi connectivity index (χ0n) is 21.2. The second-order valence-electron chi connectivity index (χ2n) is 9.99. The first-order valence-corrected chi connectivity index (χ1v) is 13.2. The molecular formula is C30H26N8O. The molecule has 192 valence electrons. The molecule has 6 aromatic heterocycles. The predicted octanol–water partition coefficient (Wildman–Crippen LogP) is 6.14. The summed E-state index contributed by atoms with van der Waals surface area (Å²) < 4.78 is 0. The summed E-state index contributed by atoms with van der Waals surface area (Å²) in [6, 6.07) is 13.7. The second kappa shape index (κ2) is 9.75. The van der Waals surface area contributed by atoms with E-state index in [-0.39, 0.29) is 11.8 Å². The van der Waals surface area contributed by atoms with E-state index in [0.717, 1.165) is 81.5 Å². The normalized spacial score (nSPS) is 14.2. The highest BCUT2D eigenvalue weighted by molar-refractivity contribution is 6.00. The van der Waals surface area contributed by atoms with E-state index in [0.29, 0.717) is 5.69 Å². The van der Waals surface area contributed by atoms with Crippen molar-refractivity contribution >= 4 is 33.4 Å². The van der Waals surface area contributed by atoms with E-state index in [9.17, 15) is 4.79 Å². The van der Waals surface area contributed by atoms with Crippen molar-refractivity contribution in [3.05, 3.63) is 73.4 Å². The van der Waals surface area contributed by atoms with Crippen LogP contribution in [0.25, 0.3) is 55.8 Å². The van der Waals surface area contributed by atoms with Crippen LogP contribution >= 0.6 is 0 Å². The van der Waals surface area contributed by atoms with Gasteiger partial charge in [-0.15, -0.1) is 0 Å². The minimum atomic E-state index is 0.0764. The molecule has 3 N–H and O–H groups in total. The molecule has 6 heterocycles. The van der Waals surface area contributed by atoms with Crippen LogP contribution in [0.2, 0.25) is 0 Å². The van der Waals surface area contributed by atoms with Gasteiger partial charge >= 0.3 is 0 Å². The van der Waals surface area contributed by atoms with E-state index in [2.05, 4.69) is 46.5 Å². The standard InChI is InChI=1S/C30H26N8O/c39-30(18-6-2-1-3-7-18)35-20-12-19(15-31-16-20)25-13-22-27(17-34-25)37-38-29(22)26-14-21-23(36-26)9-11-33-28(21)24-8-4-5-10-32-24/h4-5,8-18,36H,1-3,6-7H2,(H,35,39)(H,37,38). The number of nitrogens with zero attached hydrogens (tertiary/aromatic N) is 5. The van der Waals surface area contributed by atoms with Gasteiger partial charge in [-0.1, -0.05) is 25.3 Å². The van der Waals surface area contributed by atoms with Crippen LogP contribution in [0.15, 0.2) is 73.4 Å². The lowest BCUT2D eigenvalue weighted by Gasteiger charge is -2.20. The van der Waals surface area contributed by atoms with Crippen LogP contribution < -0.4 is 5.32 Å². The van der Waals surface area contributed by atoms with E-state index in [1.807, 2.05) is 36.4 Å². The molecule has 0 atom stereocenters. The van der Waals surface area contributed by atoms with Gasteiger partial charge in [0.1, 0.15) is 5.69 Å². The number of H-pyrrole nitrogens is 2. The van der Waals surface area contributed by atoms with E-state index < -0.39 is 0 Å². The lowest BCUT2D eigenvalue weighted by atomic mass is 9.88. The largest absolute Gasteiger partial charge is 0.353 e. The number of pyridine rings is 4. The smallest absolute Gasteiger partial charge is 0.227 e. The fourth-order valence-electron chi connectivity index (χ4n) is 5.43. The first-order chi connectivity index (χ1) is 19.2. The summed E-state index contributed by atoms with van der Waals surface area (Å²) in [5.74, 6) is 0.155. The minimum absolute atomic E-state index is 0.0764. The molecule has 1 aliphatic rings. The molecule has 7 rings (SSSR count). The molecule has 0 saturated heterocycles. The Morgan fingerprint density at radius 1 is 0.821 bits per heavy atom. The zero-order chi connectivity index (χ0) is 26.2. The summed E-state index contributed by atoms with van der Waals surface area (Å²) >= 11 is 0. The van der Waals surface area contributed by atoms with Gasteiger partial charge in [-0.2, -0.15) is 5.10 Å². The third-order valence-corrected chi connectivity index (χ3v) is 7.44. The monoisotopic (exact) mass is 514 g/mol. The van der Waals surface area contributed by atoms with Crippen molar-refractivity contribution in [1.29, 1.82) is 0 Å². The Morgan fingerprint density at radius 2 is 1.72 bits per heavy atom. The topological polar surface area (TPSA) is 125 Å². The van der Waals surface area contributed by atoms with E-state index in [1.165, 1.54) is 6.42 Å². The second-order valence-corrected chi connectivity index (χ2v) is 9.99. The quantitative estimate of drug-likeness (QED) is 0.254. The van der Waals surface area contributed by atoms with Gasteiger partial charge in [0.15, 0.2) is 0 Å². The molecule has 9 nitrogen and oxygen atoms in total. The molecule has 6 aromatic rings. The maximum absolute atomic E-state index is 12.8. The molecule has 0 radical (unpaired) electrons. The number of aromatic amines is 2. The number of nitrogens with one attached hydrogen (secondary N) is 3. The molecule has 39 heavy (non-hydrogen) atoms. The molecule has 1 aliphatic carbocycles. The maximum Gasteiger partial charge on any atom is 0.227 e. The van der Waals surface area contributed by atoms with Crippen LogP contribution in [0.3, 0.4) is 0 Å². The fraction of sp³-hybridized carbons (Fsp3) is 0.200. The third kappa shape index (κ3) is 4.41. The molecular weight excluding hydrogens is 488 g/mol. The number of rotatable bonds is 5. The Morgan fingerprint density at radius 3 is 2.59 bits per heavy atom. The number of amides is 1. The van der Waals surface area contributed by atoms with Gasteiger partial charge < -0.3 is 10.3 Å². The Hall–Kier alpha value is -4.92. The summed E-state index contributed by atoms with van der Waals surface area (Å²) in [5.41, 5.74) is 7.31. The van der Waals surface area contributed by atoms with Crippen LogP contribution in [0.5, 0.6) is 0 Å². The molecule has 1 saturated carbocycles. The Kier molecular flexibility index (Phi) is 5.81. The van der Waals surface area contributed by atoms with Gasteiger partial charge in [-0.05, 0) is 49.2 Å². The van der Waals surface area contributed by atoms with Crippen LogP contribution in [-0.4, -0.2) is 41.0 Å². The summed E-state index contributed by atoms with van der Waals surface area (Å²) in [6.45, 7) is 0. The number of anilines is 1. The van der Waals surface area contributed by atoms with Crippen molar-refractivity contribution in [3.8, 4) is 34.0 Å². The fourth-order valence-corrected chi connectivity index (χ4v) is 5.43. The highest BCUT2D eigenvalue weighted by atomic mass is 16.1. The van der Waals surface area contributed by atoms with Crippen LogP contribution in [0.4, 0.5) is 5.69 Å². The first-order valence-electron chi connectivity index (χ1n) is 13.2. The van der Waals surface area contributed by atoms with Crippen molar-refractivity contribution < 1.29 is 4.79 Å². The number of fused-ring (bicyclic) bond motifs is 2. The number of hydrogen-bond acceptors (Lipinski definition) is 6. The van der Waals surface area contributed by atoms with E-state index >= 15 is 0 Å². The molecule has 0 aromatic carbocycles. The molecule has 0 spiro atoms. The molecule has 1 amide bonds. The van der Waals surface area contributed by atoms with Gasteiger partial charge in [-0.25, -0.2) is 0 Å². The summed E-state index contributed by atoms with van der Waals surface area (Å²) in [4.78, 5) is 34.3. The van der Waals surface area contributed by atoms with Crippen molar-refractivity contribution in [1.82, 2.24) is 35.1 Å². The predicted molar refractivity (Wildman–Crippen MR) is 151 cm³/mol. The van der Waals surface area contributed by atoms with Gasteiger partial charge in [-0.3, -0.25) is 29.8 Å². The number of aromatic nitrogens is 7. The number of carbonyl (C=O) groups is 1. The van der Waals surface area contributed by atoms with Gasteiger partial charge in [0.2, 0.25) is 5.91 Å². The first kappa shape index (κ1) is 23.2. The van der Waals surface area contributed by atoms with Gasteiger partial charge in [0, 0.05) is 46.4 Å². The van der Waals surface area contributed by atoms with Crippen molar-refractivity contribution in [3.63, 3.8) is 0 Å². The maximum atomic E-state index is 12.8. The Labute approximate surface area is 224 Å². The minimum Gasteiger partial charge on any atom is -0.353 e. The Balaban J connectivity index is 1.23. The van der Waals surface area contributed by atoms with E-state index in [1.54, 1.807) is 31.0 Å². The van der Waals surface area contributed by atoms with Gasteiger partial charge in [0.05, 0.1) is 46.4 Å². The average Bonchev–Trinajstić information content (AvgIpc) is 3.62. The average molecular weight is 515 g/mol. The van der Waals surface area contributed by atoms with Crippen LogP contribution in [0.1, 0.15) is 32.1 Å². The zero-order valence-corrected chi connectivity index (χ0v) is 21.2. The molecule has 0 bridgehead atoms. The highest BCUT2D eigenvalue weighted by Gasteiger charge is 2.21. The molecule has 0 unspecified atom stereocenters. The lowest BCUT2D eigenvalue weighted by molar-refractivity contribution is -0.120. The number of hydrogen-bond donors (Lipinski definition) is 3. The van der Waals surface area contributed by atoms with E-state index in [4.69, 9.17) is 0 Å². The highest BCUT2D eigenvalue weighted by Crippen LogP contribution is 2.33. The van der Waals surface area contributed by atoms with Crippen molar-refractivity contribution in [2.45, 2.75) is 32.1 Å². The summed E-state index contributed by atoms with van der Waals surface area (Å²) in [7, 11) is 0. The number of carbonyl (C=O) groups excluding carboxylic acids is 1. The summed E-state index contributed by atoms with van der Waals surface area (Å²) in [5, 5.41) is 12.7.